The predicted octanol–water partition coefficient (Wildman–Crippen LogP) is 0.799. The number of carbonyl (C=O) groups is 2. The third-order valence-electron chi connectivity index (χ3n) is 3.53. The molecule has 0 bridgehead atoms. The van der Waals surface area contributed by atoms with E-state index in [1.165, 1.54) is 24.0 Å². The zero-order valence-corrected chi connectivity index (χ0v) is 12.2. The SMILES string of the molecule is Cc1cc(F)cc(C(=O)N2CCN(C(=O)C(C)O)CC2)c1. The van der Waals surface area contributed by atoms with Crippen molar-refractivity contribution in [3.8, 4) is 0 Å². The molecule has 21 heavy (non-hydrogen) atoms. The summed E-state index contributed by atoms with van der Waals surface area (Å²) in [6, 6.07) is 4.25. The molecule has 1 aromatic rings. The van der Waals surface area contributed by atoms with Crippen LogP contribution in [0.5, 0.6) is 0 Å². The van der Waals surface area contributed by atoms with Crippen LogP contribution in [0.3, 0.4) is 0 Å². The van der Waals surface area contributed by atoms with Crippen LogP contribution in [-0.2, 0) is 4.79 Å². The summed E-state index contributed by atoms with van der Waals surface area (Å²) in [7, 11) is 0. The maximum atomic E-state index is 13.4. The van der Waals surface area contributed by atoms with Crippen LogP contribution in [0.4, 0.5) is 4.39 Å². The highest BCUT2D eigenvalue weighted by atomic mass is 19.1. The van der Waals surface area contributed by atoms with Crippen molar-refractivity contribution < 1.29 is 19.1 Å². The lowest BCUT2D eigenvalue weighted by Gasteiger charge is -2.35. The fourth-order valence-electron chi connectivity index (χ4n) is 2.44. The fraction of sp³-hybridized carbons (Fsp3) is 0.467. The van der Waals surface area contributed by atoms with Gasteiger partial charge in [-0.2, -0.15) is 0 Å². The number of nitrogens with zero attached hydrogens (tertiary/aromatic N) is 2. The zero-order chi connectivity index (χ0) is 15.6. The minimum absolute atomic E-state index is 0.234. The lowest BCUT2D eigenvalue weighted by molar-refractivity contribution is -0.140. The van der Waals surface area contributed by atoms with Gasteiger partial charge >= 0.3 is 0 Å². The van der Waals surface area contributed by atoms with Crippen molar-refractivity contribution in [2.45, 2.75) is 20.0 Å². The van der Waals surface area contributed by atoms with E-state index in [1.807, 2.05) is 0 Å². The van der Waals surface area contributed by atoms with Gasteiger partial charge in [0.05, 0.1) is 0 Å². The molecule has 0 spiro atoms. The van der Waals surface area contributed by atoms with Crippen LogP contribution in [0.25, 0.3) is 0 Å². The maximum Gasteiger partial charge on any atom is 0.254 e. The first kappa shape index (κ1) is 15.4. The number of aliphatic hydroxyl groups is 1. The van der Waals surface area contributed by atoms with E-state index in [0.717, 1.165) is 0 Å². The minimum atomic E-state index is -1.03. The lowest BCUT2D eigenvalue weighted by Crippen LogP contribution is -2.52. The Bertz CT molecular complexity index is 532. The van der Waals surface area contributed by atoms with Crippen molar-refractivity contribution in [1.29, 1.82) is 0 Å². The number of amides is 2. The van der Waals surface area contributed by atoms with Gasteiger partial charge in [-0.3, -0.25) is 9.59 Å². The largest absolute Gasteiger partial charge is 0.384 e. The topological polar surface area (TPSA) is 60.9 Å². The van der Waals surface area contributed by atoms with E-state index in [0.29, 0.717) is 37.3 Å². The monoisotopic (exact) mass is 294 g/mol. The Balaban J connectivity index is 2.02. The molecule has 1 aromatic carbocycles. The third-order valence-corrected chi connectivity index (χ3v) is 3.53. The van der Waals surface area contributed by atoms with Crippen LogP contribution in [0, 0.1) is 12.7 Å². The number of halogens is 1. The van der Waals surface area contributed by atoms with E-state index in [9.17, 15) is 19.1 Å². The van der Waals surface area contributed by atoms with Gasteiger partial charge in [0.25, 0.3) is 11.8 Å². The molecule has 1 saturated heterocycles. The van der Waals surface area contributed by atoms with Crippen molar-refractivity contribution in [2.75, 3.05) is 26.2 Å². The molecule has 1 heterocycles. The lowest BCUT2D eigenvalue weighted by atomic mass is 10.1. The van der Waals surface area contributed by atoms with Gasteiger partial charge in [-0.15, -0.1) is 0 Å². The van der Waals surface area contributed by atoms with Gasteiger partial charge in [0.2, 0.25) is 0 Å². The van der Waals surface area contributed by atoms with Crippen molar-refractivity contribution in [3.63, 3.8) is 0 Å². The van der Waals surface area contributed by atoms with Crippen molar-refractivity contribution in [2.24, 2.45) is 0 Å². The van der Waals surface area contributed by atoms with E-state index in [1.54, 1.807) is 17.9 Å². The van der Waals surface area contributed by atoms with E-state index in [-0.39, 0.29) is 11.8 Å². The summed E-state index contributed by atoms with van der Waals surface area (Å²) < 4.78 is 13.4. The normalized spacial score (nSPS) is 16.8. The number of hydrogen-bond acceptors (Lipinski definition) is 3. The molecule has 1 fully saturated rings. The quantitative estimate of drug-likeness (QED) is 0.877. The van der Waals surface area contributed by atoms with Crippen LogP contribution in [0.2, 0.25) is 0 Å². The molecule has 1 aliphatic heterocycles. The predicted molar refractivity (Wildman–Crippen MR) is 75.3 cm³/mol. The van der Waals surface area contributed by atoms with Gasteiger partial charge in [0.1, 0.15) is 11.9 Å². The fourth-order valence-corrected chi connectivity index (χ4v) is 2.44. The molecule has 1 aliphatic rings. The molecule has 1 unspecified atom stereocenters. The molecule has 1 atom stereocenters. The molecule has 1 N–H and O–H groups in total. The Morgan fingerprint density at radius 1 is 1.14 bits per heavy atom. The molecule has 0 radical (unpaired) electrons. The average molecular weight is 294 g/mol. The van der Waals surface area contributed by atoms with Gasteiger partial charge in [0, 0.05) is 31.7 Å². The van der Waals surface area contributed by atoms with Gasteiger partial charge in [-0.05, 0) is 37.6 Å². The number of hydrogen-bond donors (Lipinski definition) is 1. The molecule has 2 rings (SSSR count). The zero-order valence-electron chi connectivity index (χ0n) is 12.2. The smallest absolute Gasteiger partial charge is 0.254 e. The summed E-state index contributed by atoms with van der Waals surface area (Å²) in [5.74, 6) is -0.994. The molecular weight excluding hydrogens is 275 g/mol. The van der Waals surface area contributed by atoms with Gasteiger partial charge < -0.3 is 14.9 Å². The Morgan fingerprint density at radius 2 is 1.71 bits per heavy atom. The van der Waals surface area contributed by atoms with Crippen LogP contribution in [-0.4, -0.2) is 59.0 Å². The number of rotatable bonds is 2. The Hall–Kier alpha value is -1.95. The molecule has 5 nitrogen and oxygen atoms in total. The molecule has 0 aromatic heterocycles. The van der Waals surface area contributed by atoms with Crippen molar-refractivity contribution in [1.82, 2.24) is 9.80 Å². The van der Waals surface area contributed by atoms with Gasteiger partial charge in [-0.25, -0.2) is 4.39 Å². The summed E-state index contributed by atoms with van der Waals surface area (Å²) in [5.41, 5.74) is 1.02. The van der Waals surface area contributed by atoms with Crippen molar-refractivity contribution in [3.05, 3.63) is 35.1 Å². The summed E-state index contributed by atoms with van der Waals surface area (Å²) >= 11 is 0. The van der Waals surface area contributed by atoms with E-state index >= 15 is 0 Å². The van der Waals surface area contributed by atoms with Crippen molar-refractivity contribution >= 4 is 11.8 Å². The third kappa shape index (κ3) is 3.58. The van der Waals surface area contributed by atoms with Crippen LogP contribution in [0.15, 0.2) is 18.2 Å². The second-order valence-corrected chi connectivity index (χ2v) is 5.31. The molecule has 0 aliphatic carbocycles. The number of benzene rings is 1. The Morgan fingerprint density at radius 3 is 2.24 bits per heavy atom. The average Bonchev–Trinajstić information content (AvgIpc) is 2.44. The number of piperazine rings is 1. The second-order valence-electron chi connectivity index (χ2n) is 5.31. The van der Waals surface area contributed by atoms with E-state index in [2.05, 4.69) is 0 Å². The highest BCUT2D eigenvalue weighted by Crippen LogP contribution is 2.13. The second kappa shape index (κ2) is 6.22. The summed E-state index contributed by atoms with van der Waals surface area (Å²) in [6.07, 6.45) is -1.03. The van der Waals surface area contributed by atoms with Gasteiger partial charge in [0.15, 0.2) is 0 Å². The first-order valence-corrected chi connectivity index (χ1v) is 6.92. The van der Waals surface area contributed by atoms with Crippen LogP contribution in [0.1, 0.15) is 22.8 Å². The maximum absolute atomic E-state index is 13.4. The number of aliphatic hydroxyl groups excluding tert-OH is 1. The van der Waals surface area contributed by atoms with E-state index in [4.69, 9.17) is 0 Å². The van der Waals surface area contributed by atoms with Crippen LogP contribution < -0.4 is 0 Å². The van der Waals surface area contributed by atoms with E-state index < -0.39 is 11.9 Å². The molecule has 114 valence electrons. The van der Waals surface area contributed by atoms with Crippen LogP contribution >= 0.6 is 0 Å². The molecular formula is C15H19FN2O3. The standard InChI is InChI=1S/C15H19FN2O3/c1-10-7-12(9-13(16)8-10)15(21)18-5-3-17(4-6-18)14(20)11(2)19/h7-9,11,19H,3-6H2,1-2H3. The highest BCUT2D eigenvalue weighted by Gasteiger charge is 2.26. The minimum Gasteiger partial charge on any atom is -0.384 e. The Kier molecular flexibility index (Phi) is 4.57. The van der Waals surface area contributed by atoms with Gasteiger partial charge in [-0.1, -0.05) is 0 Å². The molecule has 2 amide bonds. The summed E-state index contributed by atoms with van der Waals surface area (Å²) in [4.78, 5) is 27.1. The highest BCUT2D eigenvalue weighted by molar-refractivity contribution is 5.94. The molecule has 0 saturated carbocycles. The summed E-state index contributed by atoms with van der Waals surface area (Å²) in [5, 5.41) is 9.27. The Labute approximate surface area is 123 Å². The summed E-state index contributed by atoms with van der Waals surface area (Å²) in [6.45, 7) is 4.68. The number of aryl methyl sites for hydroxylation is 1. The first-order chi connectivity index (χ1) is 9.88. The molecule has 6 heteroatoms. The first-order valence-electron chi connectivity index (χ1n) is 6.92. The number of carbonyl (C=O) groups excluding carboxylic acids is 2.